The molecule has 0 radical (unpaired) electrons. The van der Waals surface area contributed by atoms with Gasteiger partial charge in [0.1, 0.15) is 5.75 Å². The third-order valence-corrected chi connectivity index (χ3v) is 4.78. The van der Waals surface area contributed by atoms with Crippen molar-refractivity contribution in [2.75, 3.05) is 12.1 Å². The van der Waals surface area contributed by atoms with Crippen LogP contribution in [-0.2, 0) is 4.79 Å². The van der Waals surface area contributed by atoms with Crippen molar-refractivity contribution in [3.63, 3.8) is 0 Å². The van der Waals surface area contributed by atoms with Crippen LogP contribution in [0.3, 0.4) is 0 Å². The van der Waals surface area contributed by atoms with Crippen molar-refractivity contribution >= 4 is 39.3 Å². The molecule has 0 aromatic heterocycles. The summed E-state index contributed by atoms with van der Waals surface area (Å²) in [6.45, 7) is 5.92. The number of carbonyl (C=O) groups excluding carboxylic acids is 1. The van der Waals surface area contributed by atoms with Gasteiger partial charge in [0.15, 0.2) is 0 Å². The number of amides is 1. The molecular weight excluding hydrogens is 380 g/mol. The van der Waals surface area contributed by atoms with Crippen LogP contribution in [0.1, 0.15) is 23.6 Å². The van der Waals surface area contributed by atoms with Crippen molar-refractivity contribution in [3.05, 3.63) is 63.1 Å². The number of methoxy groups -OCH3 is 1. The Kier molecular flexibility index (Phi) is 4.77. The van der Waals surface area contributed by atoms with Gasteiger partial charge in [0.25, 0.3) is 5.91 Å². The molecule has 1 amide bonds. The Hall–Kier alpha value is -2.40. The Balaban J connectivity index is 2.00. The average Bonchev–Trinajstić information content (AvgIpc) is 2.86. The lowest BCUT2D eigenvalue weighted by Crippen LogP contribution is -2.21. The molecule has 1 heterocycles. The Morgan fingerprint density at radius 1 is 1.08 bits per heavy atom. The zero-order chi connectivity index (χ0) is 18.1. The molecule has 0 fully saturated rings. The van der Waals surface area contributed by atoms with Gasteiger partial charge in [-0.15, -0.1) is 0 Å². The SMILES string of the molecule is COc1ccc(Br)cc1/C=C1\C(=O)N(c2ccc(C)c(C)c2)N=C1C. The van der Waals surface area contributed by atoms with Gasteiger partial charge in [0, 0.05) is 10.0 Å². The highest BCUT2D eigenvalue weighted by molar-refractivity contribution is 9.10. The average molecular weight is 399 g/mol. The number of halogens is 1. The zero-order valence-corrected chi connectivity index (χ0v) is 16.2. The fraction of sp³-hybridized carbons (Fsp3) is 0.200. The fourth-order valence-corrected chi connectivity index (χ4v) is 3.07. The summed E-state index contributed by atoms with van der Waals surface area (Å²) in [6.07, 6.45) is 1.83. The van der Waals surface area contributed by atoms with E-state index in [4.69, 9.17) is 4.74 Å². The number of hydrazone groups is 1. The largest absolute Gasteiger partial charge is 0.496 e. The molecule has 0 saturated carbocycles. The lowest BCUT2D eigenvalue weighted by Gasteiger charge is -2.13. The van der Waals surface area contributed by atoms with Gasteiger partial charge >= 0.3 is 0 Å². The van der Waals surface area contributed by atoms with Gasteiger partial charge in [0.2, 0.25) is 0 Å². The van der Waals surface area contributed by atoms with E-state index in [1.807, 2.05) is 63.2 Å². The summed E-state index contributed by atoms with van der Waals surface area (Å²) in [5, 5.41) is 5.90. The van der Waals surface area contributed by atoms with Gasteiger partial charge in [-0.2, -0.15) is 10.1 Å². The lowest BCUT2D eigenvalue weighted by atomic mass is 10.1. The van der Waals surface area contributed by atoms with Crippen LogP contribution < -0.4 is 9.75 Å². The first-order valence-electron chi connectivity index (χ1n) is 7.93. The van der Waals surface area contributed by atoms with E-state index >= 15 is 0 Å². The summed E-state index contributed by atoms with van der Waals surface area (Å²) >= 11 is 3.46. The third kappa shape index (κ3) is 3.37. The quantitative estimate of drug-likeness (QED) is 0.691. The second-order valence-electron chi connectivity index (χ2n) is 6.02. The van der Waals surface area contributed by atoms with Crippen molar-refractivity contribution in [3.8, 4) is 5.75 Å². The Morgan fingerprint density at radius 3 is 2.52 bits per heavy atom. The zero-order valence-electron chi connectivity index (χ0n) is 14.6. The van der Waals surface area contributed by atoms with Gasteiger partial charge in [-0.05, 0) is 68.3 Å². The molecule has 0 bridgehead atoms. The van der Waals surface area contributed by atoms with Crippen LogP contribution in [0.15, 0.2) is 51.5 Å². The van der Waals surface area contributed by atoms with Crippen LogP contribution in [0.5, 0.6) is 5.75 Å². The topological polar surface area (TPSA) is 41.9 Å². The van der Waals surface area contributed by atoms with E-state index in [2.05, 4.69) is 21.0 Å². The number of aryl methyl sites for hydroxylation is 2. The minimum atomic E-state index is -0.136. The third-order valence-electron chi connectivity index (χ3n) is 4.29. The maximum atomic E-state index is 12.9. The summed E-state index contributed by atoms with van der Waals surface area (Å²) in [4.78, 5) is 12.9. The summed E-state index contributed by atoms with van der Waals surface area (Å²) in [6, 6.07) is 11.6. The Bertz CT molecular complexity index is 916. The van der Waals surface area contributed by atoms with E-state index in [9.17, 15) is 4.79 Å². The maximum Gasteiger partial charge on any atom is 0.280 e. The molecule has 0 N–H and O–H groups in total. The Morgan fingerprint density at radius 2 is 1.84 bits per heavy atom. The van der Waals surface area contributed by atoms with Gasteiger partial charge in [0.05, 0.1) is 24.1 Å². The minimum absolute atomic E-state index is 0.136. The first-order valence-corrected chi connectivity index (χ1v) is 8.72. The summed E-state index contributed by atoms with van der Waals surface area (Å²) < 4.78 is 6.31. The number of anilines is 1. The van der Waals surface area contributed by atoms with Crippen LogP contribution in [-0.4, -0.2) is 18.7 Å². The normalized spacial score (nSPS) is 15.7. The highest BCUT2D eigenvalue weighted by atomic mass is 79.9. The van der Waals surface area contributed by atoms with Crippen LogP contribution in [0.4, 0.5) is 5.69 Å². The molecule has 3 rings (SSSR count). The smallest absolute Gasteiger partial charge is 0.280 e. The molecular formula is C20H19BrN2O2. The first kappa shape index (κ1) is 17.4. The number of carbonyl (C=O) groups is 1. The Labute approximate surface area is 155 Å². The molecule has 2 aromatic rings. The highest BCUT2D eigenvalue weighted by Crippen LogP contribution is 2.30. The van der Waals surface area contributed by atoms with E-state index in [1.165, 1.54) is 10.6 Å². The molecule has 4 nitrogen and oxygen atoms in total. The van der Waals surface area contributed by atoms with E-state index in [-0.39, 0.29) is 5.91 Å². The molecule has 1 aliphatic rings. The van der Waals surface area contributed by atoms with Crippen LogP contribution >= 0.6 is 15.9 Å². The predicted molar refractivity (Wildman–Crippen MR) is 105 cm³/mol. The molecule has 1 aliphatic heterocycles. The number of nitrogens with zero attached hydrogens (tertiary/aromatic N) is 2. The second kappa shape index (κ2) is 6.84. The number of hydrogen-bond donors (Lipinski definition) is 0. The van der Waals surface area contributed by atoms with Crippen LogP contribution in [0, 0.1) is 13.8 Å². The number of hydrogen-bond acceptors (Lipinski definition) is 3. The van der Waals surface area contributed by atoms with E-state index in [1.54, 1.807) is 7.11 Å². The minimum Gasteiger partial charge on any atom is -0.496 e. The maximum absolute atomic E-state index is 12.9. The van der Waals surface area contributed by atoms with Crippen molar-refractivity contribution < 1.29 is 9.53 Å². The number of benzene rings is 2. The molecule has 0 atom stereocenters. The first-order chi connectivity index (χ1) is 11.9. The molecule has 0 aliphatic carbocycles. The molecule has 5 heteroatoms. The lowest BCUT2D eigenvalue weighted by molar-refractivity contribution is -0.114. The molecule has 0 spiro atoms. The van der Waals surface area contributed by atoms with Gasteiger partial charge in [-0.1, -0.05) is 22.0 Å². The van der Waals surface area contributed by atoms with Crippen molar-refractivity contribution in [1.29, 1.82) is 0 Å². The summed E-state index contributed by atoms with van der Waals surface area (Å²) in [7, 11) is 1.62. The van der Waals surface area contributed by atoms with Crippen molar-refractivity contribution in [2.45, 2.75) is 20.8 Å². The summed E-state index contributed by atoms with van der Waals surface area (Å²) in [5.41, 5.74) is 5.17. The van der Waals surface area contributed by atoms with E-state index < -0.39 is 0 Å². The molecule has 2 aromatic carbocycles. The summed E-state index contributed by atoms with van der Waals surface area (Å²) in [5.74, 6) is 0.573. The predicted octanol–water partition coefficient (Wildman–Crippen LogP) is 4.88. The van der Waals surface area contributed by atoms with E-state index in [0.29, 0.717) is 17.0 Å². The fourth-order valence-electron chi connectivity index (χ4n) is 2.69. The monoisotopic (exact) mass is 398 g/mol. The second-order valence-corrected chi connectivity index (χ2v) is 6.93. The molecule has 0 saturated heterocycles. The standard InChI is InChI=1S/C20H19BrN2O2/c1-12-5-7-17(9-13(12)2)23-20(24)18(14(3)22-23)11-15-10-16(21)6-8-19(15)25-4/h5-11H,1-4H3/b18-11-. The van der Waals surface area contributed by atoms with Gasteiger partial charge < -0.3 is 4.74 Å². The van der Waals surface area contributed by atoms with Gasteiger partial charge in [-0.3, -0.25) is 4.79 Å². The highest BCUT2D eigenvalue weighted by Gasteiger charge is 2.29. The molecule has 128 valence electrons. The van der Waals surface area contributed by atoms with Crippen molar-refractivity contribution in [1.82, 2.24) is 0 Å². The van der Waals surface area contributed by atoms with Crippen molar-refractivity contribution in [2.24, 2.45) is 5.10 Å². The molecule has 25 heavy (non-hydrogen) atoms. The van der Waals surface area contributed by atoms with Crippen LogP contribution in [0.25, 0.3) is 6.08 Å². The van der Waals surface area contributed by atoms with Gasteiger partial charge in [-0.25, -0.2) is 0 Å². The number of ether oxygens (including phenoxy) is 1. The van der Waals surface area contributed by atoms with E-state index in [0.717, 1.165) is 21.3 Å². The molecule has 0 unspecified atom stereocenters. The van der Waals surface area contributed by atoms with Crippen LogP contribution in [0.2, 0.25) is 0 Å². The number of rotatable bonds is 3.